The van der Waals surface area contributed by atoms with E-state index in [9.17, 15) is 9.59 Å². The lowest BCUT2D eigenvalue weighted by molar-refractivity contribution is -0.123. The lowest BCUT2D eigenvalue weighted by Gasteiger charge is -2.30. The van der Waals surface area contributed by atoms with E-state index >= 15 is 0 Å². The van der Waals surface area contributed by atoms with Crippen LogP contribution in [0.1, 0.15) is 30.1 Å². The quantitative estimate of drug-likeness (QED) is 0.835. The second-order valence-corrected chi connectivity index (χ2v) is 5.39. The van der Waals surface area contributed by atoms with E-state index in [1.807, 2.05) is 14.0 Å². The maximum atomic E-state index is 12.5. The van der Waals surface area contributed by atoms with Crippen molar-refractivity contribution in [3.05, 3.63) is 24.3 Å². The smallest absolute Gasteiger partial charge is 0.255 e. The number of piperidine rings is 1. The molecule has 0 radical (unpaired) electrons. The number of hydrogen-bond acceptors (Lipinski definition) is 4. The second-order valence-electron chi connectivity index (χ2n) is 5.39. The van der Waals surface area contributed by atoms with Gasteiger partial charge in [-0.05, 0) is 13.3 Å². The molecule has 2 N–H and O–H groups in total. The van der Waals surface area contributed by atoms with Gasteiger partial charge in [0.2, 0.25) is 5.91 Å². The van der Waals surface area contributed by atoms with Crippen LogP contribution in [0.4, 0.5) is 0 Å². The molecule has 1 fully saturated rings. The van der Waals surface area contributed by atoms with Crippen molar-refractivity contribution in [2.45, 2.75) is 31.8 Å². The zero-order valence-electron chi connectivity index (χ0n) is 12.0. The third kappa shape index (κ3) is 2.46. The zero-order chi connectivity index (χ0) is 15.0. The van der Waals surface area contributed by atoms with E-state index in [4.69, 9.17) is 0 Å². The van der Waals surface area contributed by atoms with Crippen molar-refractivity contribution >= 4 is 22.8 Å². The molecule has 0 bridgehead atoms. The fourth-order valence-electron chi connectivity index (χ4n) is 2.69. The van der Waals surface area contributed by atoms with Crippen molar-refractivity contribution in [1.82, 2.24) is 25.2 Å². The maximum Gasteiger partial charge on any atom is 0.255 e. The summed E-state index contributed by atoms with van der Waals surface area (Å²) in [4.78, 5) is 32.1. The standard InChI is InChI=1S/C14H17N5O2/c1-8-10(3-4-12(20)17-8)18-14(21)9-5-15-6-11-13(9)19(2)7-16-11/h5-8,10H,3-4H2,1-2H3,(H,17,20)(H,18,21). The number of carbonyl (C=O) groups is 2. The molecule has 7 nitrogen and oxygen atoms in total. The summed E-state index contributed by atoms with van der Waals surface area (Å²) in [6.45, 7) is 1.89. The summed E-state index contributed by atoms with van der Waals surface area (Å²) in [5.41, 5.74) is 1.95. The first kappa shape index (κ1) is 13.5. The zero-order valence-corrected chi connectivity index (χ0v) is 12.0. The van der Waals surface area contributed by atoms with Crippen molar-refractivity contribution < 1.29 is 9.59 Å². The Labute approximate surface area is 121 Å². The van der Waals surface area contributed by atoms with Gasteiger partial charge in [-0.25, -0.2) is 4.98 Å². The van der Waals surface area contributed by atoms with Gasteiger partial charge in [0.05, 0.1) is 23.6 Å². The summed E-state index contributed by atoms with van der Waals surface area (Å²) in [6, 6.07) is -0.146. The van der Waals surface area contributed by atoms with Crippen LogP contribution >= 0.6 is 0 Å². The average molecular weight is 287 g/mol. The molecule has 21 heavy (non-hydrogen) atoms. The predicted molar refractivity (Wildman–Crippen MR) is 76.6 cm³/mol. The predicted octanol–water partition coefficient (Wildman–Crippen LogP) is 0.365. The van der Waals surface area contributed by atoms with Crippen molar-refractivity contribution in [3.63, 3.8) is 0 Å². The topological polar surface area (TPSA) is 88.9 Å². The molecular weight excluding hydrogens is 270 g/mol. The number of rotatable bonds is 2. The molecule has 1 aliphatic heterocycles. The first-order valence-corrected chi connectivity index (χ1v) is 6.91. The normalized spacial score (nSPS) is 22.1. The summed E-state index contributed by atoms with van der Waals surface area (Å²) >= 11 is 0. The van der Waals surface area contributed by atoms with Crippen LogP contribution in [0.5, 0.6) is 0 Å². The molecule has 0 spiro atoms. The Bertz CT molecular complexity index is 708. The molecule has 2 atom stereocenters. The Balaban J connectivity index is 1.84. The molecule has 2 aromatic heterocycles. The second kappa shape index (κ2) is 5.16. The number of aryl methyl sites for hydroxylation is 1. The molecule has 0 saturated carbocycles. The molecular formula is C14H17N5O2. The van der Waals surface area contributed by atoms with Crippen molar-refractivity contribution in [2.75, 3.05) is 0 Å². The molecule has 3 heterocycles. The van der Waals surface area contributed by atoms with Crippen molar-refractivity contribution in [3.8, 4) is 0 Å². The molecule has 1 aliphatic rings. The van der Waals surface area contributed by atoms with Crippen LogP contribution < -0.4 is 10.6 Å². The summed E-state index contributed by atoms with van der Waals surface area (Å²) in [6.07, 6.45) is 5.92. The molecule has 2 unspecified atom stereocenters. The van der Waals surface area contributed by atoms with Crippen LogP contribution in [0.15, 0.2) is 18.7 Å². The number of imidazole rings is 1. The van der Waals surface area contributed by atoms with Crippen LogP contribution in [0.2, 0.25) is 0 Å². The van der Waals surface area contributed by atoms with Gasteiger partial charge in [-0.2, -0.15) is 0 Å². The van der Waals surface area contributed by atoms with Gasteiger partial charge in [0.15, 0.2) is 0 Å². The van der Waals surface area contributed by atoms with Crippen LogP contribution in [-0.4, -0.2) is 38.4 Å². The first-order valence-electron chi connectivity index (χ1n) is 6.91. The Kier molecular flexibility index (Phi) is 3.32. The Morgan fingerprint density at radius 3 is 3.05 bits per heavy atom. The number of nitrogens with one attached hydrogen (secondary N) is 2. The summed E-state index contributed by atoms with van der Waals surface area (Å²) in [5.74, 6) is -0.159. The van der Waals surface area contributed by atoms with Gasteiger partial charge in [-0.3, -0.25) is 14.6 Å². The van der Waals surface area contributed by atoms with E-state index in [0.29, 0.717) is 23.9 Å². The van der Waals surface area contributed by atoms with Gasteiger partial charge in [-0.1, -0.05) is 0 Å². The number of aromatic nitrogens is 3. The van der Waals surface area contributed by atoms with Gasteiger partial charge in [0.25, 0.3) is 5.91 Å². The minimum atomic E-state index is -0.190. The van der Waals surface area contributed by atoms with Gasteiger partial charge < -0.3 is 15.2 Å². The van der Waals surface area contributed by atoms with Gasteiger partial charge >= 0.3 is 0 Å². The lowest BCUT2D eigenvalue weighted by atomic mass is 9.99. The highest BCUT2D eigenvalue weighted by atomic mass is 16.2. The third-order valence-electron chi connectivity index (χ3n) is 3.86. The van der Waals surface area contributed by atoms with E-state index in [2.05, 4.69) is 20.6 Å². The summed E-state index contributed by atoms with van der Waals surface area (Å²) in [7, 11) is 1.84. The third-order valence-corrected chi connectivity index (χ3v) is 3.86. The molecule has 3 rings (SSSR count). The Hall–Kier alpha value is -2.44. The van der Waals surface area contributed by atoms with Crippen molar-refractivity contribution in [2.24, 2.45) is 7.05 Å². The first-order chi connectivity index (χ1) is 10.1. The molecule has 2 aromatic rings. The number of nitrogens with zero attached hydrogens (tertiary/aromatic N) is 3. The van der Waals surface area contributed by atoms with E-state index in [0.717, 1.165) is 5.52 Å². The number of fused-ring (bicyclic) bond motifs is 1. The highest BCUT2D eigenvalue weighted by Crippen LogP contribution is 2.17. The van der Waals surface area contributed by atoms with E-state index in [-0.39, 0.29) is 23.9 Å². The number of hydrogen-bond donors (Lipinski definition) is 2. The monoisotopic (exact) mass is 287 g/mol. The van der Waals surface area contributed by atoms with Crippen LogP contribution in [0.25, 0.3) is 11.0 Å². The average Bonchev–Trinajstić information content (AvgIpc) is 2.84. The lowest BCUT2D eigenvalue weighted by Crippen LogP contribution is -2.54. The molecule has 7 heteroatoms. The fourth-order valence-corrected chi connectivity index (χ4v) is 2.69. The van der Waals surface area contributed by atoms with E-state index < -0.39 is 0 Å². The molecule has 0 aliphatic carbocycles. The molecule has 2 amide bonds. The molecule has 0 aromatic carbocycles. The van der Waals surface area contributed by atoms with E-state index in [1.165, 1.54) is 0 Å². The minimum Gasteiger partial charge on any atom is -0.352 e. The highest BCUT2D eigenvalue weighted by molar-refractivity contribution is 6.04. The fraction of sp³-hybridized carbons (Fsp3) is 0.429. The Morgan fingerprint density at radius 1 is 1.48 bits per heavy atom. The summed E-state index contributed by atoms with van der Waals surface area (Å²) < 4.78 is 1.80. The molecule has 110 valence electrons. The number of amides is 2. The largest absolute Gasteiger partial charge is 0.352 e. The number of pyridine rings is 1. The van der Waals surface area contributed by atoms with Gasteiger partial charge in [-0.15, -0.1) is 0 Å². The maximum absolute atomic E-state index is 12.5. The Morgan fingerprint density at radius 2 is 2.29 bits per heavy atom. The minimum absolute atomic E-state index is 0.0309. The van der Waals surface area contributed by atoms with Crippen molar-refractivity contribution in [1.29, 1.82) is 0 Å². The van der Waals surface area contributed by atoms with Gasteiger partial charge in [0.1, 0.15) is 5.52 Å². The van der Waals surface area contributed by atoms with E-state index in [1.54, 1.807) is 23.3 Å². The number of carbonyl (C=O) groups excluding carboxylic acids is 2. The highest BCUT2D eigenvalue weighted by Gasteiger charge is 2.27. The van der Waals surface area contributed by atoms with Crippen LogP contribution in [0.3, 0.4) is 0 Å². The van der Waals surface area contributed by atoms with Crippen LogP contribution in [-0.2, 0) is 11.8 Å². The SMILES string of the molecule is CC1NC(=O)CCC1NC(=O)c1cncc2ncn(C)c12. The van der Waals surface area contributed by atoms with Crippen LogP contribution in [0, 0.1) is 0 Å². The summed E-state index contributed by atoms with van der Waals surface area (Å²) in [5, 5.41) is 5.82. The van der Waals surface area contributed by atoms with Gasteiger partial charge in [0, 0.05) is 31.7 Å². The molecule has 1 saturated heterocycles.